The second-order valence-electron chi connectivity index (χ2n) is 6.45. The molecule has 1 amide bonds. The van der Waals surface area contributed by atoms with Crippen LogP contribution in [0.3, 0.4) is 0 Å². The number of esters is 1. The van der Waals surface area contributed by atoms with Crippen molar-refractivity contribution in [3.8, 4) is 5.75 Å². The Bertz CT molecular complexity index is 769. The van der Waals surface area contributed by atoms with Gasteiger partial charge in [-0.05, 0) is 41.3 Å². The Morgan fingerprint density at radius 3 is 2.20 bits per heavy atom. The van der Waals surface area contributed by atoms with Gasteiger partial charge >= 0.3 is 5.97 Å². The van der Waals surface area contributed by atoms with Crippen molar-refractivity contribution < 1.29 is 19.1 Å². The molecular formula is C20H25NO4. The standard InChI is InChI=1S/C20H25NO4/c1-12(2)18(20(23)25-5)21-19(22)13(3)14-6-7-16-11-17(24-4)9-8-15(16)10-14/h6-13,18H,1-5H3,(H,21,22). The van der Waals surface area contributed by atoms with Crippen LogP contribution in [-0.4, -0.2) is 32.1 Å². The summed E-state index contributed by atoms with van der Waals surface area (Å²) in [4.78, 5) is 24.4. The number of ether oxygens (including phenoxy) is 2. The van der Waals surface area contributed by atoms with Gasteiger partial charge in [0.2, 0.25) is 5.91 Å². The lowest BCUT2D eigenvalue weighted by Gasteiger charge is -2.22. The van der Waals surface area contributed by atoms with Gasteiger partial charge in [0.05, 0.1) is 20.1 Å². The fourth-order valence-electron chi connectivity index (χ4n) is 2.69. The van der Waals surface area contributed by atoms with Crippen LogP contribution in [0.2, 0.25) is 0 Å². The number of nitrogens with one attached hydrogen (secondary N) is 1. The van der Waals surface area contributed by atoms with Gasteiger partial charge in [-0.3, -0.25) is 4.79 Å². The molecule has 134 valence electrons. The molecule has 2 aromatic rings. The van der Waals surface area contributed by atoms with Crippen molar-refractivity contribution >= 4 is 22.6 Å². The van der Waals surface area contributed by atoms with E-state index >= 15 is 0 Å². The molecule has 0 spiro atoms. The first-order valence-corrected chi connectivity index (χ1v) is 8.33. The molecule has 0 radical (unpaired) electrons. The summed E-state index contributed by atoms with van der Waals surface area (Å²) in [6, 6.07) is 11.0. The summed E-state index contributed by atoms with van der Waals surface area (Å²) >= 11 is 0. The fourth-order valence-corrected chi connectivity index (χ4v) is 2.69. The molecule has 2 unspecified atom stereocenters. The van der Waals surface area contributed by atoms with Crippen LogP contribution in [0.15, 0.2) is 36.4 Å². The largest absolute Gasteiger partial charge is 0.497 e. The summed E-state index contributed by atoms with van der Waals surface area (Å²) in [7, 11) is 2.96. The molecule has 5 heteroatoms. The maximum Gasteiger partial charge on any atom is 0.328 e. The highest BCUT2D eigenvalue weighted by Crippen LogP contribution is 2.25. The highest BCUT2D eigenvalue weighted by atomic mass is 16.5. The van der Waals surface area contributed by atoms with Gasteiger partial charge in [-0.15, -0.1) is 0 Å². The van der Waals surface area contributed by atoms with Gasteiger partial charge in [-0.2, -0.15) is 0 Å². The van der Waals surface area contributed by atoms with E-state index in [1.54, 1.807) is 7.11 Å². The third-order valence-electron chi connectivity index (χ3n) is 4.38. The van der Waals surface area contributed by atoms with Crippen molar-refractivity contribution in [3.05, 3.63) is 42.0 Å². The minimum atomic E-state index is -0.648. The van der Waals surface area contributed by atoms with Crippen molar-refractivity contribution in [2.75, 3.05) is 14.2 Å². The van der Waals surface area contributed by atoms with Gasteiger partial charge in [0.15, 0.2) is 0 Å². The molecule has 0 aliphatic rings. The molecule has 0 saturated heterocycles. The highest BCUT2D eigenvalue weighted by Gasteiger charge is 2.27. The lowest BCUT2D eigenvalue weighted by molar-refractivity contribution is -0.146. The first kappa shape index (κ1) is 18.8. The van der Waals surface area contributed by atoms with Crippen LogP contribution in [0.25, 0.3) is 10.8 Å². The number of carbonyl (C=O) groups is 2. The zero-order valence-corrected chi connectivity index (χ0v) is 15.3. The van der Waals surface area contributed by atoms with Crippen molar-refractivity contribution in [2.45, 2.75) is 32.7 Å². The number of hydrogen-bond donors (Lipinski definition) is 1. The van der Waals surface area contributed by atoms with Crippen LogP contribution in [-0.2, 0) is 14.3 Å². The quantitative estimate of drug-likeness (QED) is 0.818. The number of rotatable bonds is 6. The zero-order valence-electron chi connectivity index (χ0n) is 15.3. The van der Waals surface area contributed by atoms with E-state index in [0.717, 1.165) is 22.1 Å². The predicted molar refractivity (Wildman–Crippen MR) is 97.7 cm³/mol. The Labute approximate surface area is 148 Å². The number of carbonyl (C=O) groups excluding carboxylic acids is 2. The molecule has 2 rings (SSSR count). The van der Waals surface area contributed by atoms with Crippen LogP contribution >= 0.6 is 0 Å². The second kappa shape index (κ2) is 8.01. The van der Waals surface area contributed by atoms with Crippen molar-refractivity contribution in [2.24, 2.45) is 5.92 Å². The van der Waals surface area contributed by atoms with Crippen molar-refractivity contribution in [1.82, 2.24) is 5.32 Å². The summed E-state index contributed by atoms with van der Waals surface area (Å²) in [5, 5.41) is 4.88. The monoisotopic (exact) mass is 343 g/mol. The van der Waals surface area contributed by atoms with Crippen LogP contribution in [0.5, 0.6) is 5.75 Å². The molecule has 25 heavy (non-hydrogen) atoms. The second-order valence-corrected chi connectivity index (χ2v) is 6.45. The Kier molecular flexibility index (Phi) is 6.02. The van der Waals surface area contributed by atoms with E-state index in [9.17, 15) is 9.59 Å². The number of methoxy groups -OCH3 is 2. The zero-order chi connectivity index (χ0) is 18.6. The van der Waals surface area contributed by atoms with Gasteiger partial charge in [-0.1, -0.05) is 38.1 Å². The van der Waals surface area contributed by atoms with E-state index in [-0.39, 0.29) is 17.7 Å². The molecule has 5 nitrogen and oxygen atoms in total. The first-order valence-electron chi connectivity index (χ1n) is 8.33. The van der Waals surface area contributed by atoms with Crippen LogP contribution in [0, 0.1) is 5.92 Å². The maximum atomic E-state index is 12.6. The fraction of sp³-hybridized carbons (Fsp3) is 0.400. The number of fused-ring (bicyclic) bond motifs is 1. The minimum Gasteiger partial charge on any atom is -0.497 e. The Hall–Kier alpha value is -2.56. The molecule has 1 N–H and O–H groups in total. The summed E-state index contributed by atoms with van der Waals surface area (Å²) in [6.07, 6.45) is 0. The number of benzene rings is 2. The average molecular weight is 343 g/mol. The Balaban J connectivity index is 2.21. The summed E-state index contributed by atoms with van der Waals surface area (Å²) < 4.78 is 10.0. The van der Waals surface area contributed by atoms with Gasteiger partial charge in [-0.25, -0.2) is 4.79 Å². The summed E-state index contributed by atoms with van der Waals surface area (Å²) in [6.45, 7) is 5.57. The SMILES string of the molecule is COC(=O)C(NC(=O)C(C)c1ccc2cc(OC)ccc2c1)C(C)C. The maximum absolute atomic E-state index is 12.6. The molecule has 0 fully saturated rings. The first-order chi connectivity index (χ1) is 11.9. The molecule has 0 saturated carbocycles. The van der Waals surface area contributed by atoms with E-state index in [4.69, 9.17) is 9.47 Å². The topological polar surface area (TPSA) is 64.6 Å². The third kappa shape index (κ3) is 4.29. The number of amides is 1. The van der Waals surface area contributed by atoms with Gasteiger partial charge in [0.25, 0.3) is 0 Å². The Morgan fingerprint density at radius 1 is 0.960 bits per heavy atom. The Morgan fingerprint density at radius 2 is 1.60 bits per heavy atom. The molecule has 0 bridgehead atoms. The molecule has 2 atom stereocenters. The van der Waals surface area contributed by atoms with Crippen molar-refractivity contribution in [1.29, 1.82) is 0 Å². The van der Waals surface area contributed by atoms with E-state index in [2.05, 4.69) is 5.32 Å². The minimum absolute atomic E-state index is 0.0485. The summed E-state index contributed by atoms with van der Waals surface area (Å²) in [5.74, 6) is -0.257. The molecular weight excluding hydrogens is 318 g/mol. The van der Waals surface area contributed by atoms with E-state index in [0.29, 0.717) is 0 Å². The summed E-state index contributed by atoms with van der Waals surface area (Å²) in [5.41, 5.74) is 0.891. The van der Waals surface area contributed by atoms with Gasteiger partial charge < -0.3 is 14.8 Å². The average Bonchev–Trinajstić information content (AvgIpc) is 2.63. The lowest BCUT2D eigenvalue weighted by atomic mass is 9.96. The van der Waals surface area contributed by atoms with Gasteiger partial charge in [0, 0.05) is 0 Å². The smallest absolute Gasteiger partial charge is 0.328 e. The molecule has 0 heterocycles. The molecule has 0 aliphatic carbocycles. The molecule has 0 aromatic heterocycles. The van der Waals surface area contributed by atoms with Gasteiger partial charge in [0.1, 0.15) is 11.8 Å². The van der Waals surface area contributed by atoms with Crippen LogP contribution < -0.4 is 10.1 Å². The lowest BCUT2D eigenvalue weighted by Crippen LogP contribution is -2.46. The van der Waals surface area contributed by atoms with Crippen LogP contribution in [0.4, 0.5) is 0 Å². The molecule has 0 aliphatic heterocycles. The van der Waals surface area contributed by atoms with E-state index in [1.165, 1.54) is 7.11 Å². The number of hydrogen-bond acceptors (Lipinski definition) is 4. The normalized spacial score (nSPS) is 13.4. The highest BCUT2D eigenvalue weighted by molar-refractivity contribution is 5.90. The van der Waals surface area contributed by atoms with E-state index in [1.807, 2.05) is 57.2 Å². The van der Waals surface area contributed by atoms with Crippen molar-refractivity contribution in [3.63, 3.8) is 0 Å². The predicted octanol–water partition coefficient (Wildman–Crippen LogP) is 3.27. The van der Waals surface area contributed by atoms with E-state index < -0.39 is 12.0 Å². The third-order valence-corrected chi connectivity index (χ3v) is 4.38. The van der Waals surface area contributed by atoms with Crippen LogP contribution in [0.1, 0.15) is 32.3 Å². The molecule has 2 aromatic carbocycles.